The normalized spacial score (nSPS) is 14.8. The van der Waals surface area contributed by atoms with Gasteiger partial charge in [-0.3, -0.25) is 4.79 Å². The first-order valence-electron chi connectivity index (χ1n) is 5.33. The van der Waals surface area contributed by atoms with Crippen LogP contribution in [0.5, 0.6) is 0 Å². The van der Waals surface area contributed by atoms with Crippen LogP contribution in [0.1, 0.15) is 12.0 Å². The summed E-state index contributed by atoms with van der Waals surface area (Å²) < 4.78 is 0. The van der Waals surface area contributed by atoms with Gasteiger partial charge in [-0.25, -0.2) is 0 Å². The van der Waals surface area contributed by atoms with Crippen LogP contribution in [0, 0.1) is 0 Å². The molecule has 0 atom stereocenters. The fourth-order valence-corrected chi connectivity index (χ4v) is 2.02. The summed E-state index contributed by atoms with van der Waals surface area (Å²) in [6.07, 6.45) is 1.41. The van der Waals surface area contributed by atoms with E-state index >= 15 is 0 Å². The molecule has 84 valence electrons. The van der Waals surface area contributed by atoms with Gasteiger partial charge in [0.25, 0.3) is 0 Å². The molecule has 3 heteroatoms. The third-order valence-electron chi connectivity index (χ3n) is 2.76. The molecular weight excluding hydrogens is 222 g/mol. The highest BCUT2D eigenvalue weighted by atomic mass is 35.5. The van der Waals surface area contributed by atoms with Gasteiger partial charge in [0.05, 0.1) is 0 Å². The molecule has 0 N–H and O–H groups in total. The number of halogens is 1. The molecule has 1 amide bonds. The fourth-order valence-electron chi connectivity index (χ4n) is 1.94. The molecule has 0 saturated heterocycles. The average molecular weight is 236 g/mol. The van der Waals surface area contributed by atoms with E-state index in [2.05, 4.69) is 12.6 Å². The summed E-state index contributed by atoms with van der Waals surface area (Å²) in [5.74, 6) is 0.552. The van der Waals surface area contributed by atoms with Crippen molar-refractivity contribution in [2.75, 3.05) is 17.3 Å². The minimum atomic E-state index is 0.157. The lowest BCUT2D eigenvalue weighted by atomic mass is 10.0. The first-order valence-corrected chi connectivity index (χ1v) is 5.86. The number of amides is 1. The van der Waals surface area contributed by atoms with Gasteiger partial charge in [-0.05, 0) is 23.6 Å². The quantitative estimate of drug-likeness (QED) is 0.583. The third kappa shape index (κ3) is 2.12. The first kappa shape index (κ1) is 11.2. The Hall–Kier alpha value is -1.28. The van der Waals surface area contributed by atoms with E-state index < -0.39 is 0 Å². The van der Waals surface area contributed by atoms with Crippen molar-refractivity contribution < 1.29 is 4.79 Å². The van der Waals surface area contributed by atoms with Crippen LogP contribution < -0.4 is 4.90 Å². The van der Waals surface area contributed by atoms with Crippen molar-refractivity contribution >= 4 is 23.2 Å². The minimum absolute atomic E-state index is 0.157. The predicted molar refractivity (Wildman–Crippen MR) is 67.0 cm³/mol. The Balaban J connectivity index is 2.29. The van der Waals surface area contributed by atoms with Gasteiger partial charge in [0.1, 0.15) is 0 Å². The maximum Gasteiger partial charge on any atom is 0.227 e. The molecule has 0 bridgehead atoms. The molecule has 16 heavy (non-hydrogen) atoms. The Morgan fingerprint density at radius 2 is 2.12 bits per heavy atom. The Bertz CT molecular complexity index is 428. The number of alkyl halides is 1. The third-order valence-corrected chi connectivity index (χ3v) is 3.14. The van der Waals surface area contributed by atoms with E-state index in [1.807, 2.05) is 18.2 Å². The zero-order valence-corrected chi connectivity index (χ0v) is 9.83. The van der Waals surface area contributed by atoms with Gasteiger partial charge < -0.3 is 4.90 Å². The van der Waals surface area contributed by atoms with Crippen molar-refractivity contribution in [2.45, 2.75) is 12.8 Å². The van der Waals surface area contributed by atoms with Gasteiger partial charge in [-0.2, -0.15) is 0 Å². The number of nitrogens with zero attached hydrogens (tertiary/aromatic N) is 1. The molecule has 1 aliphatic rings. The van der Waals surface area contributed by atoms with Crippen molar-refractivity contribution in [1.29, 1.82) is 0 Å². The highest BCUT2D eigenvalue weighted by Crippen LogP contribution is 2.27. The van der Waals surface area contributed by atoms with Crippen LogP contribution in [-0.4, -0.2) is 18.3 Å². The molecule has 0 spiro atoms. The second kappa shape index (κ2) is 4.71. The van der Waals surface area contributed by atoms with Crippen molar-refractivity contribution in [2.24, 2.45) is 0 Å². The van der Waals surface area contributed by atoms with E-state index in [0.29, 0.717) is 18.8 Å². The monoisotopic (exact) mass is 235 g/mol. The molecule has 0 fully saturated rings. The topological polar surface area (TPSA) is 20.3 Å². The highest BCUT2D eigenvalue weighted by Gasteiger charge is 2.23. The largest absolute Gasteiger partial charge is 0.308 e. The summed E-state index contributed by atoms with van der Waals surface area (Å²) in [6, 6.07) is 8.00. The van der Waals surface area contributed by atoms with E-state index in [4.69, 9.17) is 11.6 Å². The minimum Gasteiger partial charge on any atom is -0.308 e. The molecule has 1 aromatic carbocycles. The fraction of sp³-hybridized carbons (Fsp3) is 0.308. The summed E-state index contributed by atoms with van der Waals surface area (Å²) in [7, 11) is 0. The molecule has 2 rings (SSSR count). The number of hydrogen-bond acceptors (Lipinski definition) is 1. The molecule has 0 radical (unpaired) electrons. The Morgan fingerprint density at radius 3 is 2.88 bits per heavy atom. The maximum absolute atomic E-state index is 11.9. The maximum atomic E-state index is 11.9. The average Bonchev–Trinajstić information content (AvgIpc) is 2.32. The molecule has 0 unspecified atom stereocenters. The smallest absolute Gasteiger partial charge is 0.227 e. The molecule has 1 heterocycles. The lowest BCUT2D eigenvalue weighted by Crippen LogP contribution is -2.36. The number of anilines is 1. The first-order chi connectivity index (χ1) is 7.72. The zero-order chi connectivity index (χ0) is 11.5. The summed E-state index contributed by atoms with van der Waals surface area (Å²) in [4.78, 5) is 13.6. The van der Waals surface area contributed by atoms with Gasteiger partial charge in [-0.1, -0.05) is 24.8 Å². The molecule has 0 saturated carbocycles. The Kier molecular flexibility index (Phi) is 3.30. The van der Waals surface area contributed by atoms with E-state index in [1.54, 1.807) is 4.90 Å². The molecule has 1 aliphatic heterocycles. The zero-order valence-electron chi connectivity index (χ0n) is 9.08. The summed E-state index contributed by atoms with van der Waals surface area (Å²) in [5, 5.41) is 0. The number of benzene rings is 1. The molecule has 0 aliphatic carbocycles. The summed E-state index contributed by atoms with van der Waals surface area (Å²) >= 11 is 5.71. The Morgan fingerprint density at radius 1 is 1.38 bits per heavy atom. The molecule has 2 nitrogen and oxygen atoms in total. The molecular formula is C13H14ClNO. The number of rotatable bonds is 3. The van der Waals surface area contributed by atoms with Gasteiger partial charge in [0, 0.05) is 24.5 Å². The van der Waals surface area contributed by atoms with Crippen LogP contribution in [0.3, 0.4) is 0 Å². The number of fused-ring (bicyclic) bond motifs is 1. The van der Waals surface area contributed by atoms with Crippen molar-refractivity contribution in [3.05, 3.63) is 42.0 Å². The number of hydrogen-bond donors (Lipinski definition) is 0. The molecule has 0 aromatic heterocycles. The lowest BCUT2D eigenvalue weighted by Gasteiger charge is -2.29. The summed E-state index contributed by atoms with van der Waals surface area (Å²) in [6.45, 7) is 4.38. The van der Waals surface area contributed by atoms with Crippen LogP contribution >= 0.6 is 11.6 Å². The van der Waals surface area contributed by atoms with Crippen molar-refractivity contribution in [1.82, 2.24) is 0 Å². The molecule has 1 aromatic rings. The van der Waals surface area contributed by atoms with Crippen molar-refractivity contribution in [3.63, 3.8) is 0 Å². The van der Waals surface area contributed by atoms with Crippen LogP contribution in [-0.2, 0) is 11.2 Å². The van der Waals surface area contributed by atoms with Gasteiger partial charge in [0.2, 0.25) is 5.91 Å². The predicted octanol–water partition coefficient (Wildman–Crippen LogP) is 2.76. The Labute approximate surface area is 101 Å². The van der Waals surface area contributed by atoms with E-state index in [1.165, 1.54) is 5.56 Å². The number of aryl methyl sites for hydroxylation is 1. The van der Waals surface area contributed by atoms with Gasteiger partial charge in [-0.15, -0.1) is 11.6 Å². The number of para-hydroxylation sites is 1. The number of carbonyl (C=O) groups excluding carboxylic acids is 1. The van der Waals surface area contributed by atoms with E-state index in [9.17, 15) is 4.79 Å². The van der Waals surface area contributed by atoms with Gasteiger partial charge >= 0.3 is 0 Å². The van der Waals surface area contributed by atoms with E-state index in [0.717, 1.165) is 17.7 Å². The second-order valence-corrected chi connectivity index (χ2v) is 4.26. The lowest BCUT2D eigenvalue weighted by molar-refractivity contribution is -0.118. The SMILES string of the molecule is C=C(CCl)CN1C(=O)CCc2ccccc21. The van der Waals surface area contributed by atoms with Crippen molar-refractivity contribution in [3.8, 4) is 0 Å². The standard InChI is InChI=1S/C13H14ClNO/c1-10(8-14)9-15-12-5-3-2-4-11(12)6-7-13(15)16/h2-5H,1,6-9H2. The summed E-state index contributed by atoms with van der Waals surface area (Å²) in [5.41, 5.74) is 3.10. The van der Waals surface area contributed by atoms with E-state index in [-0.39, 0.29) is 5.91 Å². The highest BCUT2D eigenvalue weighted by molar-refractivity contribution is 6.19. The second-order valence-electron chi connectivity index (χ2n) is 3.99. The van der Waals surface area contributed by atoms with Crippen LogP contribution in [0.2, 0.25) is 0 Å². The van der Waals surface area contributed by atoms with Gasteiger partial charge in [0.15, 0.2) is 0 Å². The van der Waals surface area contributed by atoms with Crippen LogP contribution in [0.15, 0.2) is 36.4 Å². The number of carbonyl (C=O) groups is 1. The van der Waals surface area contributed by atoms with Crippen LogP contribution in [0.4, 0.5) is 5.69 Å². The van der Waals surface area contributed by atoms with Crippen LogP contribution in [0.25, 0.3) is 0 Å².